The molecule has 4 N–H and O–H groups in total. The monoisotopic (exact) mass is 401 g/mol. The molecule has 0 bridgehead atoms. The number of aliphatic carboxylic acids is 1. The molecule has 28 heavy (non-hydrogen) atoms. The van der Waals surface area contributed by atoms with Gasteiger partial charge >= 0.3 is 11.9 Å². The van der Waals surface area contributed by atoms with Crippen molar-refractivity contribution in [2.24, 2.45) is 5.73 Å². The first kappa shape index (κ1) is 19.3. The molecular weight excluding hydrogens is 386 g/mol. The van der Waals surface area contributed by atoms with Crippen LogP contribution < -0.4 is 5.73 Å². The fourth-order valence-corrected chi connectivity index (χ4v) is 4.45. The number of nitriles is 1. The molecule has 1 saturated heterocycles. The molecule has 1 aromatic rings. The molecule has 10 heteroatoms. The zero-order valence-electron chi connectivity index (χ0n) is 14.6. The van der Waals surface area contributed by atoms with Gasteiger partial charge in [-0.25, -0.2) is 4.79 Å². The number of amides is 1. The summed E-state index contributed by atoms with van der Waals surface area (Å²) in [5.41, 5.74) is 6.59. The number of allylic oxidation sites excluding steroid dienone is 1. The van der Waals surface area contributed by atoms with Gasteiger partial charge < -0.3 is 20.7 Å². The minimum Gasteiger partial charge on any atom is -0.508 e. The molecule has 0 aliphatic carbocycles. The summed E-state index contributed by atoms with van der Waals surface area (Å²) in [6, 6.07) is 7.87. The predicted octanol–water partition coefficient (Wildman–Crippen LogP) is 0.987. The number of carbonyl (C=O) groups excluding carboxylic acids is 2. The van der Waals surface area contributed by atoms with E-state index in [2.05, 4.69) is 0 Å². The van der Waals surface area contributed by atoms with Crippen LogP contribution in [0.5, 0.6) is 5.75 Å². The number of phenols is 1. The summed E-state index contributed by atoms with van der Waals surface area (Å²) in [6.07, 6.45) is -0.451. The molecule has 2 atom stereocenters. The van der Waals surface area contributed by atoms with E-state index in [9.17, 15) is 24.8 Å². The van der Waals surface area contributed by atoms with Gasteiger partial charge in [0.1, 0.15) is 16.8 Å². The number of nitrogens with two attached hydrogens (primary N) is 1. The minimum atomic E-state index is -1.17. The SMILES string of the molecule is COC(=O)C1=C(N)N2C(=O)C(CC(=O)O)SC2=C(C#N)C1c1ccc(O)cc1. The Morgan fingerprint density at radius 1 is 1.36 bits per heavy atom. The third-order valence-corrected chi connectivity index (χ3v) is 5.67. The maximum absolute atomic E-state index is 12.7. The van der Waals surface area contributed by atoms with Gasteiger partial charge in [0.05, 0.1) is 41.7 Å². The number of aromatic hydroxyl groups is 1. The highest BCUT2D eigenvalue weighted by Gasteiger charge is 2.48. The highest BCUT2D eigenvalue weighted by molar-refractivity contribution is 8.04. The second kappa shape index (κ2) is 7.28. The number of nitrogens with zero attached hydrogens (tertiary/aromatic N) is 2. The van der Waals surface area contributed by atoms with Gasteiger partial charge in [-0.05, 0) is 17.7 Å². The Labute approximate surface area is 163 Å². The van der Waals surface area contributed by atoms with Crippen LogP contribution in [-0.4, -0.2) is 45.3 Å². The van der Waals surface area contributed by atoms with E-state index in [1.165, 1.54) is 24.3 Å². The number of methoxy groups -OCH3 is 1. The molecule has 0 radical (unpaired) electrons. The van der Waals surface area contributed by atoms with Crippen molar-refractivity contribution in [3.8, 4) is 11.8 Å². The Morgan fingerprint density at radius 2 is 2.00 bits per heavy atom. The van der Waals surface area contributed by atoms with Crippen molar-refractivity contribution in [1.29, 1.82) is 5.26 Å². The molecule has 9 nitrogen and oxygen atoms in total. The molecule has 1 fully saturated rings. The maximum Gasteiger partial charge on any atom is 0.338 e. The van der Waals surface area contributed by atoms with E-state index in [-0.39, 0.29) is 27.7 Å². The van der Waals surface area contributed by atoms with E-state index in [1.54, 1.807) is 0 Å². The Hall–Kier alpha value is -3.45. The second-order valence-electron chi connectivity index (χ2n) is 6.02. The van der Waals surface area contributed by atoms with Crippen LogP contribution in [0.4, 0.5) is 0 Å². The lowest BCUT2D eigenvalue weighted by atomic mass is 9.83. The third-order valence-electron chi connectivity index (χ3n) is 4.39. The molecule has 2 unspecified atom stereocenters. The number of carbonyl (C=O) groups is 3. The Morgan fingerprint density at radius 3 is 2.54 bits per heavy atom. The minimum absolute atomic E-state index is 0.00384. The summed E-state index contributed by atoms with van der Waals surface area (Å²) >= 11 is 0.927. The van der Waals surface area contributed by atoms with Gasteiger partial charge in [-0.3, -0.25) is 14.5 Å². The van der Waals surface area contributed by atoms with Crippen molar-refractivity contribution in [3.63, 3.8) is 0 Å². The summed E-state index contributed by atoms with van der Waals surface area (Å²) in [4.78, 5) is 37.2. The molecule has 2 aliphatic heterocycles. The standard InChI is InChI=1S/C18H15N3O6S/c1-27-18(26)14-13(8-2-4-9(22)5-3-8)10(7-19)17-21(15(14)20)16(25)11(28-17)6-12(23)24/h2-5,11,13,22H,6,20H2,1H3,(H,23,24). The molecular formula is C18H15N3O6S. The molecule has 0 saturated carbocycles. The van der Waals surface area contributed by atoms with Crippen LogP contribution in [-0.2, 0) is 19.1 Å². The number of hydrogen-bond donors (Lipinski definition) is 3. The zero-order chi connectivity index (χ0) is 20.6. The number of benzene rings is 1. The first-order chi connectivity index (χ1) is 13.3. The second-order valence-corrected chi connectivity index (χ2v) is 7.22. The van der Waals surface area contributed by atoms with E-state index in [0.717, 1.165) is 23.8 Å². The zero-order valence-corrected chi connectivity index (χ0v) is 15.4. The first-order valence-corrected chi connectivity index (χ1v) is 8.91. The van der Waals surface area contributed by atoms with Crippen LogP contribution in [0.15, 0.2) is 46.3 Å². The number of rotatable bonds is 4. The van der Waals surface area contributed by atoms with Gasteiger partial charge in [-0.1, -0.05) is 23.9 Å². The van der Waals surface area contributed by atoms with Crippen LogP contribution in [0.25, 0.3) is 0 Å². The van der Waals surface area contributed by atoms with Crippen LogP contribution in [0.2, 0.25) is 0 Å². The van der Waals surface area contributed by atoms with Crippen LogP contribution in [0, 0.1) is 11.3 Å². The highest BCUT2D eigenvalue weighted by atomic mass is 32.2. The van der Waals surface area contributed by atoms with Gasteiger partial charge in [-0.2, -0.15) is 5.26 Å². The summed E-state index contributed by atoms with van der Waals surface area (Å²) in [5.74, 6) is -3.73. The number of carboxylic acids is 1. The smallest absolute Gasteiger partial charge is 0.338 e. The highest BCUT2D eigenvalue weighted by Crippen LogP contribution is 2.49. The van der Waals surface area contributed by atoms with Crippen LogP contribution >= 0.6 is 11.8 Å². The lowest BCUT2D eigenvalue weighted by Gasteiger charge is -2.31. The van der Waals surface area contributed by atoms with E-state index < -0.39 is 35.4 Å². The van der Waals surface area contributed by atoms with Crippen molar-refractivity contribution >= 4 is 29.6 Å². The Bertz CT molecular complexity index is 976. The molecule has 0 aromatic heterocycles. The number of carboxylic acid groups (broad SMARTS) is 1. The largest absolute Gasteiger partial charge is 0.508 e. The van der Waals surface area contributed by atoms with Crippen LogP contribution in [0.3, 0.4) is 0 Å². The number of thioether (sulfide) groups is 1. The average molecular weight is 401 g/mol. The number of phenolic OH excluding ortho intramolecular Hbond substituents is 1. The summed E-state index contributed by atoms with van der Waals surface area (Å²) in [5, 5.41) is 27.6. The summed E-state index contributed by atoms with van der Waals surface area (Å²) in [7, 11) is 1.15. The quantitative estimate of drug-likeness (QED) is 0.626. The molecule has 144 valence electrons. The fraction of sp³-hybridized carbons (Fsp3) is 0.222. The normalized spacial score (nSPS) is 21.4. The maximum atomic E-state index is 12.7. The molecule has 3 rings (SSSR count). The van der Waals surface area contributed by atoms with Gasteiger partial charge in [0.15, 0.2) is 0 Å². The van der Waals surface area contributed by atoms with Gasteiger partial charge in [0.25, 0.3) is 0 Å². The molecule has 1 amide bonds. The van der Waals surface area contributed by atoms with Crippen LogP contribution in [0.1, 0.15) is 17.9 Å². The molecule has 2 heterocycles. The van der Waals surface area contributed by atoms with E-state index in [1.807, 2.05) is 6.07 Å². The van der Waals surface area contributed by atoms with Crippen molar-refractivity contribution < 1.29 is 29.3 Å². The van der Waals surface area contributed by atoms with Gasteiger partial charge in [0, 0.05) is 0 Å². The van der Waals surface area contributed by atoms with Crippen molar-refractivity contribution in [1.82, 2.24) is 4.90 Å². The Kier molecular flexibility index (Phi) is 5.02. The molecule has 1 aromatic carbocycles. The molecule has 2 aliphatic rings. The van der Waals surface area contributed by atoms with Crippen molar-refractivity contribution in [3.05, 3.63) is 51.8 Å². The number of esters is 1. The summed E-state index contributed by atoms with van der Waals surface area (Å²) < 4.78 is 4.81. The summed E-state index contributed by atoms with van der Waals surface area (Å²) in [6.45, 7) is 0. The lowest BCUT2D eigenvalue weighted by Crippen LogP contribution is -2.39. The number of hydrogen-bond acceptors (Lipinski definition) is 8. The molecule has 0 spiro atoms. The van der Waals surface area contributed by atoms with Crippen molar-refractivity contribution in [2.75, 3.05) is 7.11 Å². The average Bonchev–Trinajstić information content (AvgIpc) is 2.97. The van der Waals surface area contributed by atoms with Gasteiger partial charge in [0.2, 0.25) is 5.91 Å². The Balaban J connectivity index is 2.22. The van der Waals surface area contributed by atoms with E-state index >= 15 is 0 Å². The number of fused-ring (bicyclic) bond motifs is 1. The van der Waals surface area contributed by atoms with E-state index in [0.29, 0.717) is 5.56 Å². The number of ether oxygens (including phenoxy) is 1. The van der Waals surface area contributed by atoms with Gasteiger partial charge in [-0.15, -0.1) is 0 Å². The first-order valence-electron chi connectivity index (χ1n) is 8.03. The third kappa shape index (κ3) is 3.05. The van der Waals surface area contributed by atoms with Crippen molar-refractivity contribution in [2.45, 2.75) is 17.6 Å². The van der Waals surface area contributed by atoms with E-state index in [4.69, 9.17) is 15.6 Å². The topological polar surface area (TPSA) is 154 Å². The predicted molar refractivity (Wildman–Crippen MR) is 97.2 cm³/mol. The lowest BCUT2D eigenvalue weighted by molar-refractivity contribution is -0.139. The fourth-order valence-electron chi connectivity index (χ4n) is 3.16.